The fourth-order valence-electron chi connectivity index (χ4n) is 9.98. The van der Waals surface area contributed by atoms with Crippen LogP contribution in [-0.2, 0) is 4.74 Å². The standard InChI is InChI=1S/C60H64O5/c1-35-31-55(61)39(5)27-51(35)59(52-28-40(6)56(62)32-36(52)2)48-23-19-46(20-24-48)44-15-17-45(18-16-44)47-21-25-49(26-22-47)60(53-29-41(7)57(63)33-37(53)3)54-30-42(8)58(34-38(54)4)65-43(9)64-50-13-11-10-12-14-50/h15-34,43,50,59-63H,10-14H2,1-9H3. The number of hydrogen-bond acceptors (Lipinski definition) is 5. The highest BCUT2D eigenvalue weighted by molar-refractivity contribution is 5.71. The summed E-state index contributed by atoms with van der Waals surface area (Å²) >= 11 is 0. The first-order valence-electron chi connectivity index (χ1n) is 23.3. The number of hydrogen-bond donors (Lipinski definition) is 3. The average molecular weight is 865 g/mol. The third kappa shape index (κ3) is 9.72. The molecule has 3 N–H and O–H groups in total. The molecule has 65 heavy (non-hydrogen) atoms. The van der Waals surface area contributed by atoms with Crippen LogP contribution in [0.1, 0.15) is 129 Å². The number of aryl methyl sites for hydroxylation is 8. The Morgan fingerprint density at radius 3 is 1.09 bits per heavy atom. The van der Waals surface area contributed by atoms with Crippen molar-refractivity contribution >= 4 is 0 Å². The normalized spacial score (nSPS) is 14.1. The minimum Gasteiger partial charge on any atom is -0.508 e. The van der Waals surface area contributed by atoms with Crippen molar-refractivity contribution in [2.45, 2.75) is 119 Å². The quantitative estimate of drug-likeness (QED) is 0.0842. The summed E-state index contributed by atoms with van der Waals surface area (Å²) in [7, 11) is 0. The smallest absolute Gasteiger partial charge is 0.197 e. The van der Waals surface area contributed by atoms with Crippen LogP contribution in [-0.4, -0.2) is 27.7 Å². The Bertz CT molecular complexity index is 2750. The second-order valence-electron chi connectivity index (χ2n) is 18.7. The average Bonchev–Trinajstić information content (AvgIpc) is 3.28. The van der Waals surface area contributed by atoms with Gasteiger partial charge < -0.3 is 24.8 Å². The highest BCUT2D eigenvalue weighted by Crippen LogP contribution is 2.42. The van der Waals surface area contributed by atoms with Gasteiger partial charge in [0.25, 0.3) is 0 Å². The van der Waals surface area contributed by atoms with Crippen LogP contribution in [0, 0.1) is 55.4 Å². The van der Waals surface area contributed by atoms with Crippen molar-refractivity contribution in [3.8, 4) is 45.3 Å². The molecule has 0 aromatic heterocycles. The molecular weight excluding hydrogens is 801 g/mol. The van der Waals surface area contributed by atoms with E-state index in [0.717, 1.165) is 102 Å². The summed E-state index contributed by atoms with van der Waals surface area (Å²) in [5.74, 6) is 1.63. The van der Waals surface area contributed by atoms with Crippen molar-refractivity contribution in [2.24, 2.45) is 0 Å². The second kappa shape index (κ2) is 19.0. The summed E-state index contributed by atoms with van der Waals surface area (Å²) in [5.41, 5.74) is 19.3. The Labute approximate surface area is 386 Å². The van der Waals surface area contributed by atoms with Crippen LogP contribution in [0.2, 0.25) is 0 Å². The summed E-state index contributed by atoms with van der Waals surface area (Å²) < 4.78 is 12.8. The maximum absolute atomic E-state index is 10.7. The molecule has 7 aromatic carbocycles. The molecule has 1 aliphatic rings. The van der Waals surface area contributed by atoms with Crippen LogP contribution in [0.5, 0.6) is 23.0 Å². The van der Waals surface area contributed by atoms with E-state index in [-0.39, 0.29) is 24.2 Å². The molecule has 1 saturated carbocycles. The van der Waals surface area contributed by atoms with Crippen LogP contribution < -0.4 is 4.74 Å². The molecule has 0 spiro atoms. The maximum atomic E-state index is 10.7. The van der Waals surface area contributed by atoms with Gasteiger partial charge in [0.05, 0.1) is 6.10 Å². The Hall–Kier alpha value is -6.30. The van der Waals surface area contributed by atoms with E-state index in [1.807, 2.05) is 45.9 Å². The molecule has 0 heterocycles. The number of rotatable bonds is 12. The van der Waals surface area contributed by atoms with Crippen LogP contribution in [0.25, 0.3) is 22.3 Å². The van der Waals surface area contributed by atoms with E-state index in [1.54, 1.807) is 0 Å². The van der Waals surface area contributed by atoms with Gasteiger partial charge in [0.1, 0.15) is 23.0 Å². The minimum absolute atomic E-state index is 0.0547. The van der Waals surface area contributed by atoms with Gasteiger partial charge in [0.2, 0.25) is 0 Å². The van der Waals surface area contributed by atoms with Gasteiger partial charge in [-0.3, -0.25) is 0 Å². The van der Waals surface area contributed by atoms with E-state index >= 15 is 0 Å². The van der Waals surface area contributed by atoms with Gasteiger partial charge in [-0.15, -0.1) is 0 Å². The molecule has 1 aliphatic carbocycles. The molecule has 0 saturated heterocycles. The number of ether oxygens (including phenoxy) is 2. The summed E-state index contributed by atoms with van der Waals surface area (Å²) in [6.45, 7) is 18.3. The van der Waals surface area contributed by atoms with Gasteiger partial charge in [-0.25, -0.2) is 0 Å². The predicted molar refractivity (Wildman–Crippen MR) is 266 cm³/mol. The van der Waals surface area contributed by atoms with E-state index in [9.17, 15) is 15.3 Å². The Balaban J connectivity index is 1.06. The molecule has 5 heteroatoms. The Morgan fingerprint density at radius 1 is 0.400 bits per heavy atom. The number of aromatic hydroxyl groups is 3. The molecule has 0 aliphatic heterocycles. The molecule has 7 aromatic rings. The van der Waals surface area contributed by atoms with Crippen molar-refractivity contribution in [1.82, 2.24) is 0 Å². The van der Waals surface area contributed by atoms with Crippen LogP contribution >= 0.6 is 0 Å². The number of phenols is 3. The lowest BCUT2D eigenvalue weighted by molar-refractivity contribution is -0.117. The molecule has 1 fully saturated rings. The summed E-state index contributed by atoms with van der Waals surface area (Å²) in [5, 5.41) is 31.7. The molecule has 5 nitrogen and oxygen atoms in total. The monoisotopic (exact) mass is 864 g/mol. The zero-order valence-corrected chi connectivity index (χ0v) is 39.6. The maximum Gasteiger partial charge on any atom is 0.197 e. The highest BCUT2D eigenvalue weighted by atomic mass is 16.7. The molecule has 0 bridgehead atoms. The largest absolute Gasteiger partial charge is 0.508 e. The molecule has 334 valence electrons. The molecule has 0 amide bonds. The molecule has 2 atom stereocenters. The van der Waals surface area contributed by atoms with Gasteiger partial charge in [0, 0.05) is 11.8 Å². The third-order valence-corrected chi connectivity index (χ3v) is 13.8. The zero-order valence-electron chi connectivity index (χ0n) is 39.6. The predicted octanol–water partition coefficient (Wildman–Crippen LogP) is 15.0. The van der Waals surface area contributed by atoms with E-state index < -0.39 is 0 Å². The molecule has 0 radical (unpaired) electrons. The molecule has 8 rings (SSSR count). The van der Waals surface area contributed by atoms with Crippen LogP contribution in [0.3, 0.4) is 0 Å². The van der Waals surface area contributed by atoms with Crippen molar-refractivity contribution in [1.29, 1.82) is 0 Å². The van der Waals surface area contributed by atoms with E-state index in [4.69, 9.17) is 9.47 Å². The fraction of sp³-hybridized carbons (Fsp3) is 0.300. The fourth-order valence-corrected chi connectivity index (χ4v) is 9.98. The van der Waals surface area contributed by atoms with Crippen LogP contribution in [0.4, 0.5) is 0 Å². The summed E-state index contributed by atoms with van der Waals surface area (Å²) in [4.78, 5) is 0. The van der Waals surface area contributed by atoms with Crippen molar-refractivity contribution in [2.75, 3.05) is 0 Å². The van der Waals surface area contributed by atoms with Crippen molar-refractivity contribution in [3.05, 3.63) is 199 Å². The second-order valence-corrected chi connectivity index (χ2v) is 18.7. The molecule has 2 unspecified atom stereocenters. The van der Waals surface area contributed by atoms with E-state index in [0.29, 0.717) is 17.2 Å². The van der Waals surface area contributed by atoms with Crippen molar-refractivity contribution in [3.63, 3.8) is 0 Å². The van der Waals surface area contributed by atoms with Gasteiger partial charge in [-0.1, -0.05) is 116 Å². The molecular formula is C60H64O5. The van der Waals surface area contributed by atoms with E-state index in [1.165, 1.54) is 36.0 Å². The van der Waals surface area contributed by atoms with Gasteiger partial charge in [-0.05, 0) is 200 Å². The lowest BCUT2D eigenvalue weighted by Crippen LogP contribution is -2.26. The summed E-state index contributed by atoms with van der Waals surface area (Å²) in [6.07, 6.45) is 5.88. The van der Waals surface area contributed by atoms with Gasteiger partial charge >= 0.3 is 0 Å². The first kappa shape index (κ1) is 45.3. The lowest BCUT2D eigenvalue weighted by Gasteiger charge is -2.28. The third-order valence-electron chi connectivity index (χ3n) is 13.8. The topological polar surface area (TPSA) is 79.2 Å². The number of phenolic OH excluding ortho intramolecular Hbond substituents is 3. The Kier molecular flexibility index (Phi) is 13.3. The number of benzene rings is 7. The van der Waals surface area contributed by atoms with Gasteiger partial charge in [-0.2, -0.15) is 0 Å². The van der Waals surface area contributed by atoms with E-state index in [2.05, 4.69) is 138 Å². The lowest BCUT2D eigenvalue weighted by atomic mass is 9.79. The summed E-state index contributed by atoms with van der Waals surface area (Å²) in [6, 6.07) is 42.9. The Morgan fingerprint density at radius 2 is 0.723 bits per heavy atom. The first-order valence-corrected chi connectivity index (χ1v) is 23.3. The van der Waals surface area contributed by atoms with Crippen LogP contribution in [0.15, 0.2) is 121 Å². The van der Waals surface area contributed by atoms with Crippen molar-refractivity contribution < 1.29 is 24.8 Å². The minimum atomic E-state index is -0.322. The SMILES string of the molecule is Cc1cc(C(c2ccc(-c3ccc(-c4ccc(C(c5cc(C)c(O)cc5C)c5cc(C)c(OC(C)OC6CCCCC6)cc5C)cc4)cc3)cc2)c2cc(C)c(O)cc2C)c(C)cc1O. The zero-order chi connectivity index (χ0) is 46.1. The highest BCUT2D eigenvalue weighted by Gasteiger charge is 2.26. The first-order chi connectivity index (χ1) is 31.1. The van der Waals surface area contributed by atoms with Gasteiger partial charge in [0.15, 0.2) is 6.29 Å².